The van der Waals surface area contributed by atoms with Gasteiger partial charge >= 0.3 is 0 Å². The highest BCUT2D eigenvalue weighted by atomic mass is 79.9. The van der Waals surface area contributed by atoms with Gasteiger partial charge in [-0.05, 0) is 63.0 Å². The quantitative estimate of drug-likeness (QED) is 0.723. The van der Waals surface area contributed by atoms with E-state index in [2.05, 4.69) is 47.8 Å². The van der Waals surface area contributed by atoms with Crippen LogP contribution in [-0.4, -0.2) is 6.04 Å². The van der Waals surface area contributed by atoms with Crippen LogP contribution in [0.15, 0.2) is 42.1 Å². The van der Waals surface area contributed by atoms with Gasteiger partial charge in [-0.15, -0.1) is 0 Å². The molecule has 2 rings (SSSR count). The normalized spacial score (nSPS) is 12.7. The lowest BCUT2D eigenvalue weighted by molar-refractivity contribution is 0.503. The van der Waals surface area contributed by atoms with E-state index in [0.29, 0.717) is 0 Å². The fraction of sp³-hybridized carbons (Fsp3) is 0.231. The molecule has 1 atom stereocenters. The highest BCUT2D eigenvalue weighted by Crippen LogP contribution is 2.38. The van der Waals surface area contributed by atoms with Gasteiger partial charge in [-0.3, -0.25) is 0 Å². The summed E-state index contributed by atoms with van der Waals surface area (Å²) in [5.74, 6) is 1.73. The number of nitrogens with two attached hydrogens (primary N) is 1. The molecule has 0 spiro atoms. The summed E-state index contributed by atoms with van der Waals surface area (Å²) in [6, 6.07) is 8.03. The van der Waals surface area contributed by atoms with Crippen LogP contribution in [0, 0.1) is 0 Å². The molecule has 0 saturated carbocycles. The number of hydrogen-bond donors (Lipinski definition) is 1. The summed E-state index contributed by atoms with van der Waals surface area (Å²) in [5, 5.41) is 0. The first-order valence-electron chi connectivity index (χ1n) is 5.46. The molecule has 0 radical (unpaired) electrons. The Hall–Kier alpha value is -0.100. The first kappa shape index (κ1) is 14.3. The van der Waals surface area contributed by atoms with Gasteiger partial charge in [0.25, 0.3) is 0 Å². The second-order valence-corrected chi connectivity index (χ2v) is 6.82. The minimum Gasteiger partial charge on any atom is -0.461 e. The van der Waals surface area contributed by atoms with Gasteiger partial charge in [0.05, 0.1) is 0 Å². The van der Waals surface area contributed by atoms with Crippen LogP contribution in [0.2, 0.25) is 0 Å². The molecule has 0 aliphatic rings. The predicted molar refractivity (Wildman–Crippen MR) is 84.6 cm³/mol. The summed E-state index contributed by atoms with van der Waals surface area (Å²) in [5.41, 5.74) is 6.78. The topological polar surface area (TPSA) is 39.2 Å². The number of benzene rings is 1. The van der Waals surface area contributed by atoms with Crippen LogP contribution in [0.3, 0.4) is 0 Å². The van der Waals surface area contributed by atoms with Crippen LogP contribution >= 0.6 is 47.8 Å². The van der Waals surface area contributed by atoms with E-state index in [1.54, 1.807) is 0 Å². The summed E-state index contributed by atoms with van der Waals surface area (Å²) >= 11 is 10.6. The lowest BCUT2D eigenvalue weighted by Crippen LogP contribution is -2.17. The van der Waals surface area contributed by atoms with E-state index in [1.165, 1.54) is 0 Å². The number of halogens is 3. The Bertz CT molecular complexity index is 540. The second kappa shape index (κ2) is 5.90. The molecule has 1 unspecified atom stereocenters. The van der Waals surface area contributed by atoms with E-state index < -0.39 is 0 Å². The van der Waals surface area contributed by atoms with Crippen LogP contribution in [0.25, 0.3) is 11.3 Å². The second-order valence-electron chi connectivity index (χ2n) is 4.19. The molecule has 1 aromatic heterocycles. The molecule has 0 fully saturated rings. The summed E-state index contributed by atoms with van der Waals surface area (Å²) in [6.07, 6.45) is 0.742. The molecule has 2 aromatic rings. The minimum atomic E-state index is 0.0980. The van der Waals surface area contributed by atoms with E-state index in [1.807, 2.05) is 31.2 Å². The molecule has 2 nitrogen and oxygen atoms in total. The third kappa shape index (κ3) is 3.26. The van der Waals surface area contributed by atoms with Crippen LogP contribution < -0.4 is 5.73 Å². The molecular weight excluding hydrogens is 426 g/mol. The van der Waals surface area contributed by atoms with Gasteiger partial charge in [-0.1, -0.05) is 15.9 Å². The molecule has 0 aliphatic carbocycles. The zero-order valence-electron chi connectivity index (χ0n) is 9.71. The highest BCUT2D eigenvalue weighted by Gasteiger charge is 2.13. The molecule has 0 aliphatic heterocycles. The monoisotopic (exact) mass is 435 g/mol. The van der Waals surface area contributed by atoms with E-state index in [9.17, 15) is 0 Å². The smallest absolute Gasteiger partial charge is 0.136 e. The van der Waals surface area contributed by atoms with Crippen molar-refractivity contribution < 1.29 is 4.42 Å². The Morgan fingerprint density at radius 2 is 1.78 bits per heavy atom. The van der Waals surface area contributed by atoms with Crippen molar-refractivity contribution in [3.05, 3.63) is 43.4 Å². The molecule has 0 amide bonds. The third-order valence-corrected chi connectivity index (χ3v) is 4.15. The van der Waals surface area contributed by atoms with Crippen LogP contribution in [0.5, 0.6) is 0 Å². The number of rotatable bonds is 3. The highest BCUT2D eigenvalue weighted by molar-refractivity contribution is 9.11. The maximum atomic E-state index is 5.83. The summed E-state index contributed by atoms with van der Waals surface area (Å²) in [7, 11) is 0. The zero-order valence-corrected chi connectivity index (χ0v) is 14.5. The Balaban J connectivity index is 2.40. The standard InChI is InChI=1S/C13H12Br3NO/c1-7(17)4-9-2-3-12(18-9)13-10(15)5-8(14)6-11(13)16/h2-3,5-7H,4,17H2,1H3. The lowest BCUT2D eigenvalue weighted by Gasteiger charge is -2.06. The van der Waals surface area contributed by atoms with E-state index in [-0.39, 0.29) is 6.04 Å². The fourth-order valence-corrected chi connectivity index (χ4v) is 4.37. The average Bonchev–Trinajstić information content (AvgIpc) is 2.63. The van der Waals surface area contributed by atoms with Crippen LogP contribution in [0.4, 0.5) is 0 Å². The van der Waals surface area contributed by atoms with Crippen molar-refractivity contribution in [2.45, 2.75) is 19.4 Å². The van der Waals surface area contributed by atoms with Crippen molar-refractivity contribution in [2.24, 2.45) is 5.73 Å². The molecule has 5 heteroatoms. The Morgan fingerprint density at radius 3 is 2.33 bits per heavy atom. The van der Waals surface area contributed by atoms with Gasteiger partial charge in [0.15, 0.2) is 0 Å². The minimum absolute atomic E-state index is 0.0980. The van der Waals surface area contributed by atoms with Gasteiger partial charge in [0, 0.05) is 31.4 Å². The van der Waals surface area contributed by atoms with Crippen molar-refractivity contribution in [3.8, 4) is 11.3 Å². The maximum Gasteiger partial charge on any atom is 0.136 e. The van der Waals surface area contributed by atoms with E-state index in [0.717, 1.165) is 36.9 Å². The van der Waals surface area contributed by atoms with Crippen molar-refractivity contribution in [3.63, 3.8) is 0 Å². The third-order valence-electron chi connectivity index (χ3n) is 2.44. The largest absolute Gasteiger partial charge is 0.461 e. The molecule has 0 bridgehead atoms. The number of furan rings is 1. The average molecular weight is 438 g/mol. The van der Waals surface area contributed by atoms with Gasteiger partial charge in [0.1, 0.15) is 11.5 Å². The van der Waals surface area contributed by atoms with Crippen LogP contribution in [-0.2, 0) is 6.42 Å². The predicted octanol–water partition coefficient (Wildman–Crippen LogP) is 5.12. The molecule has 0 saturated heterocycles. The zero-order chi connectivity index (χ0) is 13.3. The summed E-state index contributed by atoms with van der Waals surface area (Å²) < 4.78 is 8.79. The maximum absolute atomic E-state index is 5.83. The molecule has 96 valence electrons. The summed E-state index contributed by atoms with van der Waals surface area (Å²) in [4.78, 5) is 0. The van der Waals surface area contributed by atoms with Gasteiger partial charge in [0.2, 0.25) is 0 Å². The molecular formula is C13H12Br3NO. The van der Waals surface area contributed by atoms with Gasteiger partial charge in [-0.2, -0.15) is 0 Å². The first-order chi connectivity index (χ1) is 8.47. The lowest BCUT2D eigenvalue weighted by atomic mass is 10.2. The number of hydrogen-bond acceptors (Lipinski definition) is 2. The van der Waals surface area contributed by atoms with Gasteiger partial charge in [-0.25, -0.2) is 0 Å². The molecule has 18 heavy (non-hydrogen) atoms. The molecule has 1 aromatic carbocycles. The Kier molecular flexibility index (Phi) is 4.69. The first-order valence-corrected chi connectivity index (χ1v) is 7.84. The molecule has 2 N–H and O–H groups in total. The molecule has 1 heterocycles. The fourth-order valence-electron chi connectivity index (χ4n) is 1.72. The van der Waals surface area contributed by atoms with Crippen molar-refractivity contribution >= 4 is 47.8 Å². The SMILES string of the molecule is CC(N)Cc1ccc(-c2c(Br)cc(Br)cc2Br)o1. The van der Waals surface area contributed by atoms with Crippen molar-refractivity contribution in [1.82, 2.24) is 0 Å². The Morgan fingerprint density at radius 1 is 1.17 bits per heavy atom. The van der Waals surface area contributed by atoms with Crippen molar-refractivity contribution in [2.75, 3.05) is 0 Å². The van der Waals surface area contributed by atoms with E-state index >= 15 is 0 Å². The summed E-state index contributed by atoms with van der Waals surface area (Å²) in [6.45, 7) is 1.97. The van der Waals surface area contributed by atoms with Crippen molar-refractivity contribution in [1.29, 1.82) is 0 Å². The Labute approximate surface area is 131 Å². The van der Waals surface area contributed by atoms with E-state index in [4.69, 9.17) is 10.2 Å². The van der Waals surface area contributed by atoms with Gasteiger partial charge < -0.3 is 10.2 Å². The van der Waals surface area contributed by atoms with Crippen LogP contribution in [0.1, 0.15) is 12.7 Å².